The van der Waals surface area contributed by atoms with Gasteiger partial charge in [0.05, 0.1) is 18.1 Å². The van der Waals surface area contributed by atoms with Crippen molar-refractivity contribution in [2.75, 3.05) is 19.7 Å². The lowest BCUT2D eigenvalue weighted by molar-refractivity contribution is -0.158. The van der Waals surface area contributed by atoms with Gasteiger partial charge in [0, 0.05) is 0 Å². The lowest BCUT2D eigenvalue weighted by atomic mass is 9.82. The van der Waals surface area contributed by atoms with Crippen molar-refractivity contribution in [3.05, 3.63) is 0 Å². The first-order chi connectivity index (χ1) is 6.72. The molecule has 2 heterocycles. The van der Waals surface area contributed by atoms with Crippen LogP contribution in [0, 0.1) is 5.92 Å². The quantitative estimate of drug-likeness (QED) is 0.650. The molecule has 2 saturated heterocycles. The molecule has 0 unspecified atom stereocenters. The van der Waals surface area contributed by atoms with Gasteiger partial charge in [-0.1, -0.05) is 0 Å². The Morgan fingerprint density at radius 3 is 2.57 bits per heavy atom. The molecule has 0 aromatic heterocycles. The molecule has 14 heavy (non-hydrogen) atoms. The van der Waals surface area contributed by atoms with E-state index in [-0.39, 0.29) is 11.5 Å². The Bertz CT molecular complexity index is 213. The molecule has 0 amide bonds. The van der Waals surface area contributed by atoms with Crippen LogP contribution < -0.4 is 5.32 Å². The van der Waals surface area contributed by atoms with Crippen molar-refractivity contribution in [2.24, 2.45) is 5.92 Å². The molecule has 0 aromatic carbocycles. The van der Waals surface area contributed by atoms with Crippen LogP contribution in [0.4, 0.5) is 0 Å². The van der Waals surface area contributed by atoms with E-state index in [1.165, 1.54) is 0 Å². The first kappa shape index (κ1) is 9.93. The molecule has 4 heteroatoms. The van der Waals surface area contributed by atoms with E-state index >= 15 is 0 Å². The summed E-state index contributed by atoms with van der Waals surface area (Å²) in [6.45, 7) is 2.39. The first-order valence-corrected chi connectivity index (χ1v) is 5.29. The maximum absolute atomic E-state index is 10.7. The van der Waals surface area contributed by atoms with Gasteiger partial charge in [0.1, 0.15) is 0 Å². The lowest BCUT2D eigenvalue weighted by Gasteiger charge is -2.42. The summed E-state index contributed by atoms with van der Waals surface area (Å²) in [6.07, 6.45) is 3.74. The molecule has 0 aliphatic carbocycles. The second-order valence-corrected chi connectivity index (χ2v) is 4.32. The van der Waals surface area contributed by atoms with E-state index in [1.54, 1.807) is 0 Å². The summed E-state index contributed by atoms with van der Waals surface area (Å²) >= 11 is 0. The number of hydrogen-bond acceptors (Lipinski definition) is 3. The Kier molecular flexibility index (Phi) is 2.74. The summed E-state index contributed by atoms with van der Waals surface area (Å²) in [6, 6.07) is 0. The third-order valence-electron chi connectivity index (χ3n) is 3.40. The van der Waals surface area contributed by atoms with E-state index in [4.69, 9.17) is 9.84 Å². The number of carboxylic acid groups (broad SMARTS) is 1. The third kappa shape index (κ3) is 1.91. The summed E-state index contributed by atoms with van der Waals surface area (Å²) < 4.78 is 5.76. The van der Waals surface area contributed by atoms with Crippen molar-refractivity contribution >= 4 is 5.97 Å². The molecule has 4 nitrogen and oxygen atoms in total. The van der Waals surface area contributed by atoms with Gasteiger partial charge >= 0.3 is 5.97 Å². The van der Waals surface area contributed by atoms with Gasteiger partial charge in [0.25, 0.3) is 0 Å². The minimum atomic E-state index is -0.714. The SMILES string of the molecule is O=C(O)[C@@H]1CCC2(CCNCC2)OC1. The maximum atomic E-state index is 10.7. The maximum Gasteiger partial charge on any atom is 0.308 e. The van der Waals surface area contributed by atoms with Crippen LogP contribution >= 0.6 is 0 Å². The number of ether oxygens (including phenoxy) is 1. The van der Waals surface area contributed by atoms with Crippen LogP contribution in [0.2, 0.25) is 0 Å². The molecule has 80 valence electrons. The van der Waals surface area contributed by atoms with Gasteiger partial charge < -0.3 is 15.2 Å². The fourth-order valence-electron chi connectivity index (χ4n) is 2.34. The molecule has 1 atom stereocenters. The van der Waals surface area contributed by atoms with Crippen LogP contribution in [0.3, 0.4) is 0 Å². The molecular weight excluding hydrogens is 182 g/mol. The molecule has 2 N–H and O–H groups in total. The normalized spacial score (nSPS) is 31.6. The molecule has 1 spiro atoms. The summed E-state index contributed by atoms with van der Waals surface area (Å²) in [5, 5.41) is 12.1. The largest absolute Gasteiger partial charge is 0.481 e. The fraction of sp³-hybridized carbons (Fsp3) is 0.900. The highest BCUT2D eigenvalue weighted by atomic mass is 16.5. The predicted molar refractivity (Wildman–Crippen MR) is 51.1 cm³/mol. The van der Waals surface area contributed by atoms with E-state index in [0.29, 0.717) is 6.61 Å². The van der Waals surface area contributed by atoms with Gasteiger partial charge in [-0.3, -0.25) is 4.79 Å². The van der Waals surface area contributed by atoms with Crippen molar-refractivity contribution < 1.29 is 14.6 Å². The minimum Gasteiger partial charge on any atom is -0.481 e. The van der Waals surface area contributed by atoms with Crippen LogP contribution in [0.15, 0.2) is 0 Å². The number of rotatable bonds is 1. The number of aliphatic carboxylic acids is 1. The lowest BCUT2D eigenvalue weighted by Crippen LogP contribution is -2.48. The molecule has 0 saturated carbocycles. The second kappa shape index (κ2) is 3.87. The highest BCUT2D eigenvalue weighted by molar-refractivity contribution is 5.70. The summed E-state index contributed by atoms with van der Waals surface area (Å²) in [7, 11) is 0. The van der Waals surface area contributed by atoms with Crippen molar-refractivity contribution in [2.45, 2.75) is 31.3 Å². The van der Waals surface area contributed by atoms with Crippen LogP contribution in [0.25, 0.3) is 0 Å². The zero-order chi connectivity index (χ0) is 10.0. The molecular formula is C10H17NO3. The summed E-state index contributed by atoms with van der Waals surface area (Å²) in [4.78, 5) is 10.7. The molecule has 2 aliphatic heterocycles. The first-order valence-electron chi connectivity index (χ1n) is 5.29. The van der Waals surface area contributed by atoms with Crippen LogP contribution in [0.1, 0.15) is 25.7 Å². The summed E-state index contributed by atoms with van der Waals surface area (Å²) in [5.74, 6) is -0.996. The van der Waals surface area contributed by atoms with Crippen LogP contribution in [0.5, 0.6) is 0 Å². The van der Waals surface area contributed by atoms with Gasteiger partial charge in [0.2, 0.25) is 0 Å². The van der Waals surface area contributed by atoms with E-state index in [9.17, 15) is 4.79 Å². The van der Waals surface area contributed by atoms with E-state index in [1.807, 2.05) is 0 Å². The number of carbonyl (C=O) groups is 1. The monoisotopic (exact) mass is 199 g/mol. The molecule has 0 bridgehead atoms. The number of hydrogen-bond donors (Lipinski definition) is 2. The second-order valence-electron chi connectivity index (χ2n) is 4.32. The Labute approximate surface area is 83.6 Å². The average Bonchev–Trinajstić information content (AvgIpc) is 2.19. The van der Waals surface area contributed by atoms with Crippen LogP contribution in [-0.2, 0) is 9.53 Å². The molecule has 2 aliphatic rings. The van der Waals surface area contributed by atoms with Gasteiger partial charge in [-0.2, -0.15) is 0 Å². The van der Waals surface area contributed by atoms with Crippen LogP contribution in [-0.4, -0.2) is 36.4 Å². The third-order valence-corrected chi connectivity index (χ3v) is 3.40. The van der Waals surface area contributed by atoms with E-state index in [2.05, 4.69) is 5.32 Å². The standard InChI is InChI=1S/C10H17NO3/c12-9(13)8-1-2-10(14-7-8)3-5-11-6-4-10/h8,11H,1-7H2,(H,12,13)/t8-/m1/s1. The highest BCUT2D eigenvalue weighted by Crippen LogP contribution is 2.34. The Hall–Kier alpha value is -0.610. The fourth-order valence-corrected chi connectivity index (χ4v) is 2.34. The highest BCUT2D eigenvalue weighted by Gasteiger charge is 2.39. The molecule has 0 radical (unpaired) electrons. The van der Waals surface area contributed by atoms with E-state index < -0.39 is 5.97 Å². The van der Waals surface area contributed by atoms with Gasteiger partial charge in [0.15, 0.2) is 0 Å². The smallest absolute Gasteiger partial charge is 0.308 e. The van der Waals surface area contributed by atoms with Crippen molar-refractivity contribution in [3.63, 3.8) is 0 Å². The average molecular weight is 199 g/mol. The molecule has 0 aromatic rings. The summed E-state index contributed by atoms with van der Waals surface area (Å²) in [5.41, 5.74) is -0.00278. The Morgan fingerprint density at radius 2 is 2.07 bits per heavy atom. The zero-order valence-electron chi connectivity index (χ0n) is 8.29. The van der Waals surface area contributed by atoms with Gasteiger partial charge in [-0.05, 0) is 38.8 Å². The minimum absolute atomic E-state index is 0.00278. The zero-order valence-corrected chi connectivity index (χ0v) is 8.29. The molecule has 2 rings (SSSR count). The number of nitrogens with one attached hydrogen (secondary N) is 1. The van der Waals surface area contributed by atoms with Gasteiger partial charge in [-0.15, -0.1) is 0 Å². The number of carboxylic acids is 1. The predicted octanol–water partition coefficient (Wildman–Crippen LogP) is 0.620. The van der Waals surface area contributed by atoms with Crippen molar-refractivity contribution in [1.29, 1.82) is 0 Å². The van der Waals surface area contributed by atoms with E-state index in [0.717, 1.165) is 38.8 Å². The van der Waals surface area contributed by atoms with Crippen molar-refractivity contribution in [3.8, 4) is 0 Å². The topological polar surface area (TPSA) is 58.6 Å². The van der Waals surface area contributed by atoms with Crippen molar-refractivity contribution in [1.82, 2.24) is 5.32 Å². The number of piperidine rings is 1. The Morgan fingerprint density at radius 1 is 1.36 bits per heavy atom. The van der Waals surface area contributed by atoms with Gasteiger partial charge in [-0.25, -0.2) is 0 Å². The molecule has 2 fully saturated rings. The Balaban J connectivity index is 1.90.